The number of benzene rings is 1. The lowest BCUT2D eigenvalue weighted by Gasteiger charge is -2.11. The zero-order chi connectivity index (χ0) is 14.0. The summed E-state index contributed by atoms with van der Waals surface area (Å²) in [6, 6.07) is 5.60. The Morgan fingerprint density at radius 1 is 1.26 bits per heavy atom. The number of nitrogens with zero attached hydrogens (tertiary/aromatic N) is 2. The molecule has 0 saturated carbocycles. The van der Waals surface area contributed by atoms with Gasteiger partial charge >= 0.3 is 0 Å². The normalized spacial score (nSPS) is 10.5. The highest BCUT2D eigenvalue weighted by Gasteiger charge is 2.11. The Balaban J connectivity index is 2.40. The summed E-state index contributed by atoms with van der Waals surface area (Å²) in [5.41, 5.74) is 7.64. The second-order valence-electron chi connectivity index (χ2n) is 4.34. The van der Waals surface area contributed by atoms with Crippen molar-refractivity contribution in [2.75, 3.05) is 5.73 Å². The first kappa shape index (κ1) is 13.6. The summed E-state index contributed by atoms with van der Waals surface area (Å²) in [7, 11) is 0. The molecule has 1 aromatic heterocycles. The van der Waals surface area contributed by atoms with Gasteiger partial charge in [0.25, 0.3) is 0 Å². The topological polar surface area (TPSA) is 61.0 Å². The summed E-state index contributed by atoms with van der Waals surface area (Å²) in [6.07, 6.45) is 0.697. The van der Waals surface area contributed by atoms with Crippen LogP contribution in [0.3, 0.4) is 0 Å². The molecule has 0 spiro atoms. The first-order valence-electron chi connectivity index (χ1n) is 6.08. The van der Waals surface area contributed by atoms with E-state index in [1.165, 1.54) is 0 Å². The maximum absolute atomic E-state index is 6.15. The fourth-order valence-electron chi connectivity index (χ4n) is 1.61. The minimum absolute atomic E-state index is 0.435. The van der Waals surface area contributed by atoms with Gasteiger partial charge in [-0.1, -0.05) is 24.6 Å². The molecule has 0 aliphatic carbocycles. The van der Waals surface area contributed by atoms with Gasteiger partial charge in [-0.05, 0) is 31.5 Å². The summed E-state index contributed by atoms with van der Waals surface area (Å²) in [4.78, 5) is 8.52. The number of nitrogen functional groups attached to an aromatic ring is 1. The van der Waals surface area contributed by atoms with Gasteiger partial charge in [-0.25, -0.2) is 4.98 Å². The molecule has 0 aliphatic heterocycles. The molecule has 2 rings (SSSR count). The van der Waals surface area contributed by atoms with Crippen molar-refractivity contribution >= 4 is 17.4 Å². The Morgan fingerprint density at radius 2 is 2.00 bits per heavy atom. The van der Waals surface area contributed by atoms with E-state index in [1.54, 1.807) is 0 Å². The molecule has 0 bridgehead atoms. The zero-order valence-corrected chi connectivity index (χ0v) is 12.0. The van der Waals surface area contributed by atoms with E-state index in [0.29, 0.717) is 40.3 Å². The Bertz CT molecular complexity index is 614. The number of anilines is 1. The third-order valence-electron chi connectivity index (χ3n) is 2.80. The molecule has 1 heterocycles. The number of ether oxygens (including phenoxy) is 1. The number of rotatable bonds is 3. The second kappa shape index (κ2) is 5.45. The first-order valence-corrected chi connectivity index (χ1v) is 6.46. The number of aryl methyl sites for hydroxylation is 2. The molecular formula is C14H16ClN3O. The standard InChI is InChI=1S/C14H16ClN3O/c1-4-12-17-13(16)9(3)14(18-12)19-11-6-5-8(2)7-10(11)15/h5-7H,4H2,1-3H3,(H2,16,17,18). The summed E-state index contributed by atoms with van der Waals surface area (Å²) < 4.78 is 5.76. The Morgan fingerprint density at radius 3 is 2.63 bits per heavy atom. The van der Waals surface area contributed by atoms with Crippen LogP contribution in [0.5, 0.6) is 11.6 Å². The highest BCUT2D eigenvalue weighted by Crippen LogP contribution is 2.31. The predicted octanol–water partition coefficient (Wildman–Crippen LogP) is 3.68. The molecule has 0 atom stereocenters. The van der Waals surface area contributed by atoms with Crippen molar-refractivity contribution in [1.29, 1.82) is 0 Å². The average Bonchev–Trinajstić information content (AvgIpc) is 2.37. The SMILES string of the molecule is CCc1nc(N)c(C)c(Oc2ccc(C)cc2Cl)n1. The van der Waals surface area contributed by atoms with E-state index in [-0.39, 0.29) is 0 Å². The Labute approximate surface area is 117 Å². The summed E-state index contributed by atoms with van der Waals surface area (Å²) in [5.74, 6) is 2.11. The van der Waals surface area contributed by atoms with Crippen LogP contribution in [0.15, 0.2) is 18.2 Å². The molecule has 0 unspecified atom stereocenters. The quantitative estimate of drug-likeness (QED) is 0.929. The van der Waals surface area contributed by atoms with E-state index in [4.69, 9.17) is 22.1 Å². The maximum Gasteiger partial charge on any atom is 0.227 e. The van der Waals surface area contributed by atoms with Crippen molar-refractivity contribution in [3.63, 3.8) is 0 Å². The highest BCUT2D eigenvalue weighted by molar-refractivity contribution is 6.32. The lowest BCUT2D eigenvalue weighted by Crippen LogP contribution is -2.04. The molecule has 1 aromatic carbocycles. The number of hydrogen-bond donors (Lipinski definition) is 1. The van der Waals surface area contributed by atoms with Crippen molar-refractivity contribution in [2.24, 2.45) is 0 Å². The fraction of sp³-hybridized carbons (Fsp3) is 0.286. The van der Waals surface area contributed by atoms with Crippen LogP contribution in [-0.4, -0.2) is 9.97 Å². The smallest absolute Gasteiger partial charge is 0.227 e. The molecule has 0 fully saturated rings. The second-order valence-corrected chi connectivity index (χ2v) is 4.75. The molecule has 0 saturated heterocycles. The van der Waals surface area contributed by atoms with Crippen LogP contribution >= 0.6 is 11.6 Å². The van der Waals surface area contributed by atoms with Crippen LogP contribution < -0.4 is 10.5 Å². The van der Waals surface area contributed by atoms with E-state index >= 15 is 0 Å². The molecule has 2 aromatic rings. The van der Waals surface area contributed by atoms with Gasteiger partial charge in [0.15, 0.2) is 0 Å². The molecular weight excluding hydrogens is 262 g/mol. The minimum Gasteiger partial charge on any atom is -0.437 e. The highest BCUT2D eigenvalue weighted by atomic mass is 35.5. The molecule has 100 valence electrons. The van der Waals surface area contributed by atoms with Crippen molar-refractivity contribution in [1.82, 2.24) is 9.97 Å². The van der Waals surface area contributed by atoms with Crippen LogP contribution in [0.25, 0.3) is 0 Å². The Hall–Kier alpha value is -1.81. The minimum atomic E-state index is 0.435. The molecule has 4 nitrogen and oxygen atoms in total. The molecule has 0 amide bonds. The molecule has 0 aliphatic rings. The van der Waals surface area contributed by atoms with Gasteiger partial charge in [-0.15, -0.1) is 0 Å². The lowest BCUT2D eigenvalue weighted by molar-refractivity contribution is 0.455. The molecule has 5 heteroatoms. The third kappa shape index (κ3) is 2.96. The number of aromatic nitrogens is 2. The van der Waals surface area contributed by atoms with Crippen molar-refractivity contribution in [3.05, 3.63) is 40.2 Å². The summed E-state index contributed by atoms with van der Waals surface area (Å²) >= 11 is 6.15. The largest absolute Gasteiger partial charge is 0.437 e. The third-order valence-corrected chi connectivity index (χ3v) is 3.09. The number of hydrogen-bond acceptors (Lipinski definition) is 4. The molecule has 19 heavy (non-hydrogen) atoms. The van der Waals surface area contributed by atoms with Gasteiger partial charge in [0.2, 0.25) is 5.88 Å². The van der Waals surface area contributed by atoms with E-state index in [1.807, 2.05) is 39.0 Å². The van der Waals surface area contributed by atoms with Gasteiger partial charge < -0.3 is 10.5 Å². The average molecular weight is 278 g/mol. The number of nitrogens with two attached hydrogens (primary N) is 1. The van der Waals surface area contributed by atoms with Crippen LogP contribution in [-0.2, 0) is 6.42 Å². The maximum atomic E-state index is 6.15. The van der Waals surface area contributed by atoms with Crippen molar-refractivity contribution < 1.29 is 4.74 Å². The van der Waals surface area contributed by atoms with Gasteiger partial charge in [0, 0.05) is 6.42 Å². The zero-order valence-electron chi connectivity index (χ0n) is 11.2. The van der Waals surface area contributed by atoms with Crippen LogP contribution in [0.2, 0.25) is 5.02 Å². The van der Waals surface area contributed by atoms with Crippen molar-refractivity contribution in [3.8, 4) is 11.6 Å². The lowest BCUT2D eigenvalue weighted by atomic mass is 10.2. The first-order chi connectivity index (χ1) is 9.01. The molecule has 0 radical (unpaired) electrons. The predicted molar refractivity (Wildman–Crippen MR) is 76.8 cm³/mol. The van der Waals surface area contributed by atoms with E-state index < -0.39 is 0 Å². The monoisotopic (exact) mass is 277 g/mol. The van der Waals surface area contributed by atoms with Gasteiger partial charge in [-0.3, -0.25) is 0 Å². The molecule has 2 N–H and O–H groups in total. The van der Waals surface area contributed by atoms with Crippen LogP contribution in [0.1, 0.15) is 23.9 Å². The summed E-state index contributed by atoms with van der Waals surface area (Å²) in [6.45, 7) is 5.76. The van der Waals surface area contributed by atoms with E-state index in [2.05, 4.69) is 9.97 Å². The van der Waals surface area contributed by atoms with E-state index in [0.717, 1.165) is 5.56 Å². The van der Waals surface area contributed by atoms with Gasteiger partial charge in [0.05, 0.1) is 10.6 Å². The number of halogens is 1. The summed E-state index contributed by atoms with van der Waals surface area (Å²) in [5, 5.41) is 0.551. The van der Waals surface area contributed by atoms with Gasteiger partial charge in [-0.2, -0.15) is 4.98 Å². The Kier molecular flexibility index (Phi) is 3.90. The van der Waals surface area contributed by atoms with E-state index in [9.17, 15) is 0 Å². The van der Waals surface area contributed by atoms with Crippen LogP contribution in [0, 0.1) is 13.8 Å². The fourth-order valence-corrected chi connectivity index (χ4v) is 1.88. The van der Waals surface area contributed by atoms with Crippen LogP contribution in [0.4, 0.5) is 5.82 Å². The van der Waals surface area contributed by atoms with Crippen molar-refractivity contribution in [2.45, 2.75) is 27.2 Å². The van der Waals surface area contributed by atoms with Gasteiger partial charge in [0.1, 0.15) is 17.4 Å².